The monoisotopic (exact) mass is 1110 g/mol. The van der Waals surface area contributed by atoms with E-state index in [0.29, 0.717) is 0 Å². The van der Waals surface area contributed by atoms with Crippen LogP contribution in [0.25, 0.3) is 65.8 Å². The molecule has 13 aromatic rings. The summed E-state index contributed by atoms with van der Waals surface area (Å²) in [6, 6.07) is 86.3. The van der Waals surface area contributed by atoms with E-state index in [4.69, 9.17) is 8.83 Å². The smallest absolute Gasteiger partial charge is 0.159 e. The van der Waals surface area contributed by atoms with Crippen LogP contribution < -0.4 is 9.80 Å². The lowest BCUT2D eigenvalue weighted by Crippen LogP contribution is -2.29. The maximum absolute atomic E-state index is 7.32. The minimum atomic E-state index is -0.800. The highest BCUT2D eigenvalue weighted by Crippen LogP contribution is 2.61. The number of anilines is 6. The van der Waals surface area contributed by atoms with E-state index in [-0.39, 0.29) is 21.7 Å². The molecule has 0 N–H and O–H groups in total. The third-order valence-electron chi connectivity index (χ3n) is 18.1. The second-order valence-corrected chi connectivity index (χ2v) is 27.7. The Bertz CT molecular complexity index is 4690. The summed E-state index contributed by atoms with van der Waals surface area (Å²) in [4.78, 5) is 4.91. The highest BCUT2D eigenvalue weighted by Gasteiger charge is 2.48. The molecule has 0 fully saturated rings. The van der Waals surface area contributed by atoms with Gasteiger partial charge in [0.1, 0.15) is 11.2 Å². The number of fused-ring (bicyclic) bond motifs is 11. The van der Waals surface area contributed by atoms with E-state index in [1.165, 1.54) is 61.0 Å². The largest absolute Gasteiger partial charge is 0.454 e. The van der Waals surface area contributed by atoms with Crippen LogP contribution in [0.1, 0.15) is 128 Å². The van der Waals surface area contributed by atoms with Gasteiger partial charge < -0.3 is 18.6 Å². The summed E-state index contributed by atoms with van der Waals surface area (Å²) in [6.07, 6.45) is 0. The summed E-state index contributed by atoms with van der Waals surface area (Å²) in [7, 11) is 0. The van der Waals surface area contributed by atoms with Crippen LogP contribution in [0.5, 0.6) is 0 Å². The van der Waals surface area contributed by atoms with Gasteiger partial charge in [0.15, 0.2) is 11.2 Å². The van der Waals surface area contributed by atoms with Crippen molar-refractivity contribution in [2.45, 2.75) is 110 Å². The molecule has 0 saturated heterocycles. The Labute approximate surface area is 501 Å². The molecule has 0 saturated carbocycles. The Morgan fingerprint density at radius 3 is 1.16 bits per heavy atom. The predicted octanol–water partition coefficient (Wildman–Crippen LogP) is 23.1. The van der Waals surface area contributed by atoms with Crippen molar-refractivity contribution in [3.8, 4) is 11.1 Å². The number of rotatable bonds is 8. The fourth-order valence-corrected chi connectivity index (χ4v) is 13.8. The van der Waals surface area contributed by atoms with Gasteiger partial charge in [0.05, 0.1) is 22.5 Å². The van der Waals surface area contributed by atoms with Crippen molar-refractivity contribution in [1.29, 1.82) is 0 Å². The van der Waals surface area contributed by atoms with E-state index in [9.17, 15) is 0 Å². The summed E-state index contributed by atoms with van der Waals surface area (Å²) in [5, 5.41) is 6.75. The zero-order valence-electron chi connectivity index (χ0n) is 51.2. The van der Waals surface area contributed by atoms with E-state index in [1.54, 1.807) is 0 Å². The average Bonchev–Trinajstić information content (AvgIpc) is 1.58. The maximum Gasteiger partial charge on any atom is 0.159 e. The first-order chi connectivity index (χ1) is 40.7. The molecule has 0 amide bonds. The molecule has 0 atom stereocenters. The zero-order valence-corrected chi connectivity index (χ0v) is 51.2. The molecular formula is C81H74N2O2. The van der Waals surface area contributed by atoms with Gasteiger partial charge in [-0.3, -0.25) is 0 Å². The minimum Gasteiger partial charge on any atom is -0.454 e. The van der Waals surface area contributed by atoms with Crippen LogP contribution in [0.2, 0.25) is 0 Å². The first kappa shape index (κ1) is 53.9. The van der Waals surface area contributed by atoms with Crippen molar-refractivity contribution >= 4 is 88.8 Å². The molecule has 4 heteroatoms. The van der Waals surface area contributed by atoms with Gasteiger partial charge in [-0.2, -0.15) is 0 Å². The van der Waals surface area contributed by atoms with Gasteiger partial charge in [0.25, 0.3) is 0 Å². The van der Waals surface area contributed by atoms with Gasteiger partial charge in [0, 0.05) is 55.1 Å². The molecule has 0 unspecified atom stereocenters. The van der Waals surface area contributed by atoms with Gasteiger partial charge in [0.2, 0.25) is 0 Å². The quantitative estimate of drug-likeness (QED) is 0.152. The first-order valence-electron chi connectivity index (χ1n) is 30.2. The Balaban J connectivity index is 1.08. The first-order valence-corrected chi connectivity index (χ1v) is 30.2. The van der Waals surface area contributed by atoms with Crippen LogP contribution >= 0.6 is 0 Å². The molecule has 0 bridgehead atoms. The van der Waals surface area contributed by atoms with Gasteiger partial charge in [-0.05, 0) is 126 Å². The number of furan rings is 2. The van der Waals surface area contributed by atoms with E-state index in [0.717, 1.165) is 83.4 Å². The molecule has 420 valence electrons. The van der Waals surface area contributed by atoms with Crippen molar-refractivity contribution in [3.63, 3.8) is 0 Å². The van der Waals surface area contributed by atoms with Gasteiger partial charge in [-0.25, -0.2) is 0 Å². The van der Waals surface area contributed by atoms with Gasteiger partial charge in [-0.15, -0.1) is 0 Å². The zero-order chi connectivity index (χ0) is 59.0. The maximum atomic E-state index is 7.32. The predicted molar refractivity (Wildman–Crippen MR) is 360 cm³/mol. The van der Waals surface area contributed by atoms with E-state index in [1.807, 2.05) is 0 Å². The Kier molecular flexibility index (Phi) is 12.3. The number of para-hydroxylation sites is 4. The van der Waals surface area contributed by atoms with Crippen LogP contribution in [0.15, 0.2) is 239 Å². The lowest BCUT2D eigenvalue weighted by Gasteiger charge is -2.36. The molecule has 2 heterocycles. The highest BCUT2D eigenvalue weighted by molar-refractivity contribution is 6.16. The average molecular weight is 1110 g/mol. The SMILES string of the molecule is CC(C)(C)c1ccc(N(c2ccc3c(c2)C(c2ccccc2)(c2ccccc2)c2cc(N(c4ccc(C(C)(C)C)cc4)c4cccc5c4oc4c(C(C)(C)C)cccc45)c4ccccc4c2-3)c2cccc3c2oc2c(C(C)(C)C)cccc23)cc1. The van der Waals surface area contributed by atoms with Crippen molar-refractivity contribution in [3.05, 3.63) is 275 Å². The second-order valence-electron chi connectivity index (χ2n) is 27.7. The van der Waals surface area contributed by atoms with Crippen LogP contribution in [0.3, 0.4) is 0 Å². The standard InChI is InChI=1S/C81H74N2O2/c1-77(2,3)51-39-43-55(44-40-51)82(69-37-23-33-62-60-31-21-35-65(79(7,8)9)73(60)84-75(62)69)57-47-48-64-67(49-57)81(53-25-15-13-16-26-53,54-27-17-14-18-28-54)68-50-71(58-29-19-20-30-59(58)72(64)68)83(56-45-41-52(42-46-56)78(4,5)6)70-38-24-34-63-61-32-22-36-66(80(10,11)12)74(61)85-76(63)70/h13-50H,1-12H3. The summed E-state index contributed by atoms with van der Waals surface area (Å²) in [5.41, 5.74) is 20.7. The number of benzene rings is 11. The van der Waals surface area contributed by atoms with E-state index < -0.39 is 5.41 Å². The molecule has 1 aliphatic carbocycles. The lowest BCUT2D eigenvalue weighted by molar-refractivity contribution is 0.572. The van der Waals surface area contributed by atoms with Crippen LogP contribution in [-0.2, 0) is 27.1 Å². The third-order valence-corrected chi connectivity index (χ3v) is 18.1. The van der Waals surface area contributed by atoms with E-state index in [2.05, 4.69) is 323 Å². The molecule has 2 aromatic heterocycles. The summed E-state index contributed by atoms with van der Waals surface area (Å²) in [5.74, 6) is 0. The van der Waals surface area contributed by atoms with Crippen molar-refractivity contribution in [1.82, 2.24) is 0 Å². The number of nitrogens with zero attached hydrogens (tertiary/aromatic N) is 2. The molecular weight excluding hydrogens is 1030 g/mol. The molecule has 0 aliphatic heterocycles. The Morgan fingerprint density at radius 2 is 0.694 bits per heavy atom. The summed E-state index contributed by atoms with van der Waals surface area (Å²) in [6.45, 7) is 27.3. The molecule has 11 aromatic carbocycles. The van der Waals surface area contributed by atoms with Crippen LogP contribution in [0.4, 0.5) is 34.1 Å². The normalized spacial score (nSPS) is 13.5. The molecule has 0 radical (unpaired) electrons. The third kappa shape index (κ3) is 8.61. The fourth-order valence-electron chi connectivity index (χ4n) is 13.8. The number of hydrogen-bond donors (Lipinski definition) is 0. The molecule has 1 aliphatic rings. The summed E-state index contributed by atoms with van der Waals surface area (Å²) >= 11 is 0. The highest BCUT2D eigenvalue weighted by atomic mass is 16.3. The van der Waals surface area contributed by atoms with Crippen LogP contribution in [-0.4, -0.2) is 0 Å². The summed E-state index contributed by atoms with van der Waals surface area (Å²) < 4.78 is 14.6. The van der Waals surface area contributed by atoms with Crippen molar-refractivity contribution in [2.75, 3.05) is 9.80 Å². The van der Waals surface area contributed by atoms with Gasteiger partial charge >= 0.3 is 0 Å². The van der Waals surface area contributed by atoms with Crippen molar-refractivity contribution in [2.24, 2.45) is 0 Å². The Morgan fingerprint density at radius 1 is 0.294 bits per heavy atom. The lowest BCUT2D eigenvalue weighted by atomic mass is 9.67. The van der Waals surface area contributed by atoms with Gasteiger partial charge in [-0.1, -0.05) is 259 Å². The molecule has 85 heavy (non-hydrogen) atoms. The van der Waals surface area contributed by atoms with Crippen LogP contribution in [0, 0.1) is 0 Å². The topological polar surface area (TPSA) is 32.8 Å². The van der Waals surface area contributed by atoms with Crippen molar-refractivity contribution < 1.29 is 8.83 Å². The minimum absolute atomic E-state index is 0.0305. The molecule has 4 nitrogen and oxygen atoms in total. The second kappa shape index (κ2) is 19.5. The molecule has 14 rings (SSSR count). The molecule has 0 spiro atoms. The Hall–Kier alpha value is -9.12. The number of hydrogen-bond acceptors (Lipinski definition) is 4. The fraction of sp³-hybridized carbons (Fsp3) is 0.210. The van der Waals surface area contributed by atoms with E-state index >= 15 is 0 Å².